The summed E-state index contributed by atoms with van der Waals surface area (Å²) in [6, 6.07) is 34.5. The summed E-state index contributed by atoms with van der Waals surface area (Å²) in [5.74, 6) is -0.0563. The molecule has 7 nitrogen and oxygen atoms in total. The Morgan fingerprint density at radius 1 is 0.561 bits per heavy atom. The minimum atomic E-state index is -0.0891. The Bertz CT molecular complexity index is 1970. The van der Waals surface area contributed by atoms with Gasteiger partial charge in [0.1, 0.15) is 17.1 Å². The third-order valence-electron chi connectivity index (χ3n) is 6.82. The number of para-hydroxylation sites is 1. The smallest absolute Gasteiger partial charge is 0.151 e. The molecule has 0 unspecified atom stereocenters. The summed E-state index contributed by atoms with van der Waals surface area (Å²) in [5.41, 5.74) is 5.65. The van der Waals surface area contributed by atoms with Crippen LogP contribution in [0.5, 0.6) is 11.5 Å². The van der Waals surface area contributed by atoms with Crippen LogP contribution in [-0.4, -0.2) is 10.2 Å². The highest BCUT2D eigenvalue weighted by Crippen LogP contribution is 2.41. The average molecular weight is 538 g/mol. The van der Waals surface area contributed by atoms with Gasteiger partial charge in [-0.25, -0.2) is 0 Å². The maximum Gasteiger partial charge on any atom is 0.151 e. The number of azo groups is 2. The second-order valence-corrected chi connectivity index (χ2v) is 9.93. The van der Waals surface area contributed by atoms with Crippen molar-refractivity contribution in [2.24, 2.45) is 20.5 Å². The third-order valence-corrected chi connectivity index (χ3v) is 6.82. The molecule has 0 aliphatic carbocycles. The zero-order valence-corrected chi connectivity index (χ0v) is 22.6. The normalized spacial score (nSPS) is 11.7. The van der Waals surface area contributed by atoms with Gasteiger partial charge in [0.25, 0.3) is 0 Å². The van der Waals surface area contributed by atoms with E-state index in [1.807, 2.05) is 79.7 Å². The molecule has 6 rings (SSSR count). The van der Waals surface area contributed by atoms with Gasteiger partial charge < -0.3 is 15.5 Å². The van der Waals surface area contributed by atoms with Crippen LogP contribution in [0.2, 0.25) is 0 Å². The Hall–Kier alpha value is -5.56. The molecule has 0 saturated carbocycles. The molecule has 200 valence electrons. The summed E-state index contributed by atoms with van der Waals surface area (Å²) in [5, 5.41) is 45.8. The van der Waals surface area contributed by atoms with Gasteiger partial charge in [0.15, 0.2) is 5.75 Å². The lowest BCUT2D eigenvalue weighted by Crippen LogP contribution is -1.90. The maximum atomic E-state index is 11.0. The van der Waals surface area contributed by atoms with Gasteiger partial charge in [-0.05, 0) is 96.2 Å². The topological polar surface area (TPSA) is 102 Å². The Morgan fingerprint density at radius 2 is 1.29 bits per heavy atom. The van der Waals surface area contributed by atoms with Gasteiger partial charge in [0.2, 0.25) is 0 Å². The Balaban J connectivity index is 1.21. The molecule has 0 aliphatic heterocycles. The predicted molar refractivity (Wildman–Crippen MR) is 165 cm³/mol. The number of fused-ring (bicyclic) bond motifs is 2. The van der Waals surface area contributed by atoms with E-state index >= 15 is 0 Å². The predicted octanol–water partition coefficient (Wildman–Crippen LogP) is 10.6. The summed E-state index contributed by atoms with van der Waals surface area (Å²) >= 11 is 0. The molecule has 41 heavy (non-hydrogen) atoms. The van der Waals surface area contributed by atoms with E-state index in [1.165, 1.54) is 11.6 Å². The summed E-state index contributed by atoms with van der Waals surface area (Å²) < 4.78 is 0. The molecule has 0 aliphatic rings. The highest BCUT2D eigenvalue weighted by molar-refractivity contribution is 5.96. The van der Waals surface area contributed by atoms with Gasteiger partial charge in [-0.3, -0.25) is 0 Å². The fraction of sp³-hybridized carbons (Fsp3) is 0.0588. The molecule has 0 fully saturated rings. The van der Waals surface area contributed by atoms with E-state index in [1.54, 1.807) is 12.1 Å². The third kappa shape index (κ3) is 5.60. The highest BCUT2D eigenvalue weighted by Gasteiger charge is 2.12. The van der Waals surface area contributed by atoms with Crippen molar-refractivity contribution in [1.82, 2.24) is 0 Å². The second-order valence-electron chi connectivity index (χ2n) is 9.93. The standard InChI is InChI=1S/C34H27N5O2/c1-21-8-9-24-18-28(11-10-23(24)16-21)36-37-29-13-15-31(32(40)20-29)38-39-33-22(2)17-25-19-27(12-14-30(25)34(33)41)35-26-6-4-3-5-7-26/h3-20,35,40-41H,1-2H3. The largest absolute Gasteiger partial charge is 0.506 e. The lowest BCUT2D eigenvalue weighted by Gasteiger charge is -2.11. The van der Waals surface area contributed by atoms with E-state index in [2.05, 4.69) is 50.9 Å². The number of aromatic hydroxyl groups is 2. The number of nitrogens with zero attached hydrogens (tertiary/aromatic N) is 4. The Kier molecular flexibility index (Phi) is 6.83. The quantitative estimate of drug-likeness (QED) is 0.184. The van der Waals surface area contributed by atoms with Crippen molar-refractivity contribution in [3.05, 3.63) is 120 Å². The first-order valence-corrected chi connectivity index (χ1v) is 13.2. The molecular formula is C34H27N5O2. The van der Waals surface area contributed by atoms with E-state index in [-0.39, 0.29) is 17.2 Å². The first-order chi connectivity index (χ1) is 19.9. The highest BCUT2D eigenvalue weighted by atomic mass is 16.3. The molecule has 7 heteroatoms. The molecule has 0 heterocycles. The van der Waals surface area contributed by atoms with E-state index in [4.69, 9.17) is 0 Å². The number of phenols is 2. The number of aryl methyl sites for hydroxylation is 2. The molecular weight excluding hydrogens is 510 g/mol. The number of hydrogen-bond donors (Lipinski definition) is 3. The van der Waals surface area contributed by atoms with Crippen LogP contribution in [0, 0.1) is 13.8 Å². The minimum Gasteiger partial charge on any atom is -0.506 e. The monoisotopic (exact) mass is 537 g/mol. The lowest BCUT2D eigenvalue weighted by atomic mass is 10.0. The molecule has 6 aromatic rings. The second kappa shape index (κ2) is 10.9. The van der Waals surface area contributed by atoms with Crippen LogP contribution >= 0.6 is 0 Å². The van der Waals surface area contributed by atoms with Gasteiger partial charge in [0, 0.05) is 22.8 Å². The van der Waals surface area contributed by atoms with Crippen molar-refractivity contribution in [3.8, 4) is 11.5 Å². The maximum absolute atomic E-state index is 11.0. The van der Waals surface area contributed by atoms with Gasteiger partial charge in [-0.1, -0.05) is 48.0 Å². The fourth-order valence-corrected chi connectivity index (χ4v) is 4.70. The summed E-state index contributed by atoms with van der Waals surface area (Å²) in [6.45, 7) is 3.93. The Labute approximate surface area is 237 Å². The van der Waals surface area contributed by atoms with Crippen LogP contribution < -0.4 is 5.32 Å². The zero-order chi connectivity index (χ0) is 28.3. The van der Waals surface area contributed by atoms with Crippen molar-refractivity contribution < 1.29 is 10.2 Å². The first-order valence-electron chi connectivity index (χ1n) is 13.2. The van der Waals surface area contributed by atoms with Crippen LogP contribution in [0.15, 0.2) is 130 Å². The van der Waals surface area contributed by atoms with E-state index in [0.29, 0.717) is 16.8 Å². The molecule has 0 spiro atoms. The molecule has 0 amide bonds. The van der Waals surface area contributed by atoms with Crippen LogP contribution in [0.4, 0.5) is 34.1 Å². The summed E-state index contributed by atoms with van der Waals surface area (Å²) in [6.07, 6.45) is 0. The average Bonchev–Trinajstić information content (AvgIpc) is 2.97. The number of benzene rings is 6. The van der Waals surface area contributed by atoms with Crippen LogP contribution in [0.25, 0.3) is 21.5 Å². The molecule has 0 aromatic heterocycles. The molecule has 3 N–H and O–H groups in total. The number of phenolic OH excluding ortho intramolecular Hbond substituents is 2. The molecule has 0 saturated heterocycles. The van der Waals surface area contributed by atoms with Crippen LogP contribution in [0.3, 0.4) is 0 Å². The molecule has 6 aromatic carbocycles. The van der Waals surface area contributed by atoms with Gasteiger partial charge in [0.05, 0.1) is 11.4 Å². The fourth-order valence-electron chi connectivity index (χ4n) is 4.70. The minimum absolute atomic E-state index is 0.0328. The van der Waals surface area contributed by atoms with Crippen molar-refractivity contribution in [1.29, 1.82) is 0 Å². The number of nitrogens with one attached hydrogen (secondary N) is 1. The van der Waals surface area contributed by atoms with Gasteiger partial charge in [-0.15, -0.1) is 10.2 Å². The van der Waals surface area contributed by atoms with Crippen molar-refractivity contribution in [2.75, 3.05) is 5.32 Å². The van der Waals surface area contributed by atoms with Crippen molar-refractivity contribution in [2.45, 2.75) is 13.8 Å². The number of hydrogen-bond acceptors (Lipinski definition) is 7. The van der Waals surface area contributed by atoms with Gasteiger partial charge in [-0.2, -0.15) is 10.2 Å². The van der Waals surface area contributed by atoms with Gasteiger partial charge >= 0.3 is 0 Å². The van der Waals surface area contributed by atoms with E-state index in [9.17, 15) is 10.2 Å². The van der Waals surface area contributed by atoms with E-state index < -0.39 is 0 Å². The summed E-state index contributed by atoms with van der Waals surface area (Å²) in [4.78, 5) is 0. The first kappa shape index (κ1) is 25.7. The molecule has 0 atom stereocenters. The van der Waals surface area contributed by atoms with Crippen LogP contribution in [-0.2, 0) is 0 Å². The molecule has 0 radical (unpaired) electrons. The number of anilines is 2. The van der Waals surface area contributed by atoms with Crippen molar-refractivity contribution >= 4 is 55.7 Å². The van der Waals surface area contributed by atoms with Crippen molar-refractivity contribution in [3.63, 3.8) is 0 Å². The van der Waals surface area contributed by atoms with E-state index in [0.717, 1.165) is 38.8 Å². The Morgan fingerprint density at radius 3 is 2.10 bits per heavy atom. The zero-order valence-electron chi connectivity index (χ0n) is 22.6. The lowest BCUT2D eigenvalue weighted by molar-refractivity contribution is 0.475. The summed E-state index contributed by atoms with van der Waals surface area (Å²) in [7, 11) is 0. The SMILES string of the molecule is Cc1ccc2cc(N=Nc3ccc(N=Nc4c(C)cc5cc(Nc6ccccc6)ccc5c4O)c(O)c3)ccc2c1. The van der Waals surface area contributed by atoms with Crippen LogP contribution in [0.1, 0.15) is 11.1 Å². The molecule has 0 bridgehead atoms. The number of rotatable bonds is 6.